The number of benzene rings is 1. The van der Waals surface area contributed by atoms with E-state index < -0.39 is 6.10 Å². The van der Waals surface area contributed by atoms with Gasteiger partial charge in [-0.05, 0) is 38.8 Å². The van der Waals surface area contributed by atoms with E-state index in [0.29, 0.717) is 11.6 Å². The second-order valence-corrected chi connectivity index (χ2v) is 5.64. The van der Waals surface area contributed by atoms with Crippen molar-refractivity contribution in [3.8, 4) is 6.07 Å². The fourth-order valence-corrected chi connectivity index (χ4v) is 3.23. The molecule has 0 heterocycles. The summed E-state index contributed by atoms with van der Waals surface area (Å²) in [5, 5.41) is 19.1. The van der Waals surface area contributed by atoms with E-state index in [2.05, 4.69) is 17.9 Å². The van der Waals surface area contributed by atoms with Gasteiger partial charge in [-0.2, -0.15) is 5.26 Å². The van der Waals surface area contributed by atoms with E-state index in [9.17, 15) is 5.11 Å². The first kappa shape index (κ1) is 14.9. The van der Waals surface area contributed by atoms with Crippen molar-refractivity contribution < 1.29 is 5.11 Å². The predicted octanol–water partition coefficient (Wildman–Crippen LogP) is 3.77. The topological polar surface area (TPSA) is 47.3 Å². The van der Waals surface area contributed by atoms with Gasteiger partial charge < -0.3 is 10.0 Å². The van der Waals surface area contributed by atoms with Crippen LogP contribution in [0.4, 0.5) is 5.69 Å². The van der Waals surface area contributed by atoms with E-state index >= 15 is 0 Å². The number of hydrogen-bond donors (Lipinski definition) is 1. The summed E-state index contributed by atoms with van der Waals surface area (Å²) in [6, 6.07) is 8.36. The number of nitriles is 1. The van der Waals surface area contributed by atoms with Gasteiger partial charge >= 0.3 is 0 Å². The van der Waals surface area contributed by atoms with Gasteiger partial charge in [0.15, 0.2) is 0 Å². The summed E-state index contributed by atoms with van der Waals surface area (Å²) in [4.78, 5) is 2.38. The van der Waals surface area contributed by atoms with Crippen molar-refractivity contribution in [2.75, 3.05) is 11.4 Å². The van der Waals surface area contributed by atoms with Gasteiger partial charge in [0.05, 0.1) is 17.7 Å². The van der Waals surface area contributed by atoms with E-state index in [1.54, 1.807) is 13.0 Å². The third-order valence-electron chi connectivity index (χ3n) is 4.28. The standard InChI is InChI=1S/C17H24N2O/c1-3-19(15-7-5-4-6-8-15)17-11-14(12-18)9-10-16(17)13(2)20/h9-11,13,15,20H,3-8H2,1-2H3/t13-/m1/s1. The second kappa shape index (κ2) is 6.76. The van der Waals surface area contributed by atoms with Crippen LogP contribution in [0.15, 0.2) is 18.2 Å². The lowest BCUT2D eigenvalue weighted by molar-refractivity contribution is 0.199. The van der Waals surface area contributed by atoms with Gasteiger partial charge in [-0.25, -0.2) is 0 Å². The van der Waals surface area contributed by atoms with Crippen LogP contribution < -0.4 is 4.90 Å². The molecule has 2 rings (SSSR count). The van der Waals surface area contributed by atoms with Crippen LogP contribution in [0.25, 0.3) is 0 Å². The molecule has 0 unspecified atom stereocenters. The maximum atomic E-state index is 10.0. The molecule has 1 aliphatic carbocycles. The highest BCUT2D eigenvalue weighted by Crippen LogP contribution is 2.33. The molecule has 0 saturated heterocycles. The molecule has 0 radical (unpaired) electrons. The summed E-state index contributed by atoms with van der Waals surface area (Å²) >= 11 is 0. The molecule has 0 amide bonds. The highest BCUT2D eigenvalue weighted by Gasteiger charge is 2.23. The van der Waals surface area contributed by atoms with Gasteiger partial charge in [0.25, 0.3) is 0 Å². The van der Waals surface area contributed by atoms with Crippen LogP contribution in [-0.4, -0.2) is 17.7 Å². The molecule has 1 atom stereocenters. The predicted molar refractivity (Wildman–Crippen MR) is 81.7 cm³/mol. The first-order valence-corrected chi connectivity index (χ1v) is 7.66. The van der Waals surface area contributed by atoms with E-state index in [0.717, 1.165) is 17.8 Å². The zero-order valence-electron chi connectivity index (χ0n) is 12.5. The highest BCUT2D eigenvalue weighted by atomic mass is 16.3. The normalized spacial score (nSPS) is 17.5. The Morgan fingerprint density at radius 3 is 2.60 bits per heavy atom. The highest BCUT2D eigenvalue weighted by molar-refractivity contribution is 5.59. The fraction of sp³-hybridized carbons (Fsp3) is 0.588. The lowest BCUT2D eigenvalue weighted by Crippen LogP contribution is -2.37. The molecule has 3 nitrogen and oxygen atoms in total. The maximum Gasteiger partial charge on any atom is 0.0992 e. The van der Waals surface area contributed by atoms with Crippen molar-refractivity contribution in [3.63, 3.8) is 0 Å². The van der Waals surface area contributed by atoms with Gasteiger partial charge in [0.2, 0.25) is 0 Å². The molecule has 1 saturated carbocycles. The molecule has 0 spiro atoms. The molecule has 1 N–H and O–H groups in total. The van der Waals surface area contributed by atoms with Crippen molar-refractivity contribution in [1.29, 1.82) is 5.26 Å². The Labute approximate surface area is 121 Å². The Morgan fingerprint density at radius 2 is 2.05 bits per heavy atom. The minimum absolute atomic E-state index is 0.504. The minimum Gasteiger partial charge on any atom is -0.389 e. The molecule has 108 valence electrons. The Balaban J connectivity index is 2.38. The van der Waals surface area contributed by atoms with Crippen LogP contribution in [0, 0.1) is 11.3 Å². The summed E-state index contributed by atoms with van der Waals surface area (Å²) in [5.74, 6) is 0. The first-order chi connectivity index (χ1) is 9.67. The van der Waals surface area contributed by atoms with E-state index in [-0.39, 0.29) is 0 Å². The molecule has 1 aliphatic rings. The van der Waals surface area contributed by atoms with Crippen molar-refractivity contribution in [2.45, 2.75) is 58.1 Å². The maximum absolute atomic E-state index is 10.0. The lowest BCUT2D eigenvalue weighted by atomic mass is 9.92. The lowest BCUT2D eigenvalue weighted by Gasteiger charge is -2.37. The molecule has 3 heteroatoms. The number of hydrogen-bond acceptors (Lipinski definition) is 3. The van der Waals surface area contributed by atoms with Crippen LogP contribution in [0.1, 0.15) is 63.2 Å². The zero-order chi connectivity index (χ0) is 14.5. The Morgan fingerprint density at radius 1 is 1.35 bits per heavy atom. The summed E-state index contributed by atoms with van der Waals surface area (Å²) in [7, 11) is 0. The number of rotatable bonds is 4. The van der Waals surface area contributed by atoms with Gasteiger partial charge in [-0.1, -0.05) is 25.3 Å². The monoisotopic (exact) mass is 272 g/mol. The van der Waals surface area contributed by atoms with Gasteiger partial charge in [0.1, 0.15) is 0 Å². The van der Waals surface area contributed by atoms with Gasteiger partial charge in [-0.3, -0.25) is 0 Å². The summed E-state index contributed by atoms with van der Waals surface area (Å²) < 4.78 is 0. The van der Waals surface area contributed by atoms with Gasteiger partial charge in [0, 0.05) is 23.8 Å². The third kappa shape index (κ3) is 3.13. The van der Waals surface area contributed by atoms with E-state index in [1.807, 2.05) is 12.1 Å². The molecular weight excluding hydrogens is 248 g/mol. The van der Waals surface area contributed by atoms with Crippen molar-refractivity contribution in [3.05, 3.63) is 29.3 Å². The van der Waals surface area contributed by atoms with Gasteiger partial charge in [-0.15, -0.1) is 0 Å². The molecular formula is C17H24N2O. The average Bonchev–Trinajstić information content (AvgIpc) is 2.48. The molecule has 1 aromatic carbocycles. The van der Waals surface area contributed by atoms with Crippen LogP contribution in [-0.2, 0) is 0 Å². The molecule has 1 aromatic rings. The van der Waals surface area contributed by atoms with Crippen molar-refractivity contribution >= 4 is 5.69 Å². The van der Waals surface area contributed by atoms with Crippen molar-refractivity contribution in [2.24, 2.45) is 0 Å². The number of anilines is 1. The number of aliphatic hydroxyl groups excluding tert-OH is 1. The zero-order valence-corrected chi connectivity index (χ0v) is 12.5. The average molecular weight is 272 g/mol. The molecule has 1 fully saturated rings. The number of aliphatic hydroxyl groups is 1. The van der Waals surface area contributed by atoms with Crippen LogP contribution in [0.5, 0.6) is 0 Å². The smallest absolute Gasteiger partial charge is 0.0992 e. The molecule has 20 heavy (non-hydrogen) atoms. The summed E-state index contributed by atoms with van der Waals surface area (Å²) in [5.41, 5.74) is 2.63. The Kier molecular flexibility index (Phi) is 5.03. The third-order valence-corrected chi connectivity index (χ3v) is 4.28. The molecule has 0 aromatic heterocycles. The van der Waals surface area contributed by atoms with Crippen LogP contribution in [0.2, 0.25) is 0 Å². The fourth-order valence-electron chi connectivity index (χ4n) is 3.23. The molecule has 0 bridgehead atoms. The molecule has 0 aliphatic heterocycles. The van der Waals surface area contributed by atoms with Crippen molar-refractivity contribution in [1.82, 2.24) is 0 Å². The Bertz CT molecular complexity index is 484. The van der Waals surface area contributed by atoms with E-state index in [1.165, 1.54) is 32.1 Å². The summed E-state index contributed by atoms with van der Waals surface area (Å²) in [6.45, 7) is 4.86. The number of nitrogens with zero attached hydrogens (tertiary/aromatic N) is 2. The Hall–Kier alpha value is -1.53. The summed E-state index contributed by atoms with van der Waals surface area (Å²) in [6.07, 6.45) is 5.81. The largest absolute Gasteiger partial charge is 0.389 e. The SMILES string of the molecule is CCN(c1cc(C#N)ccc1[C@@H](C)O)C1CCCCC1. The first-order valence-electron chi connectivity index (χ1n) is 7.66. The van der Waals surface area contributed by atoms with E-state index in [4.69, 9.17) is 5.26 Å². The minimum atomic E-state index is -0.504. The quantitative estimate of drug-likeness (QED) is 0.907. The second-order valence-electron chi connectivity index (χ2n) is 5.64. The van der Waals surface area contributed by atoms with Crippen LogP contribution >= 0.6 is 0 Å². The van der Waals surface area contributed by atoms with Crippen LogP contribution in [0.3, 0.4) is 0 Å².